The first-order chi connectivity index (χ1) is 19.4. The van der Waals surface area contributed by atoms with E-state index in [1.54, 1.807) is 24.3 Å². The Morgan fingerprint density at radius 2 is 1.73 bits per heavy atom. The molecule has 3 aromatic carbocycles. The Hall–Kier alpha value is -5.11. The molecule has 2 aromatic heterocycles. The van der Waals surface area contributed by atoms with Gasteiger partial charge in [-0.3, -0.25) is 0 Å². The van der Waals surface area contributed by atoms with E-state index in [-0.39, 0.29) is 12.1 Å². The van der Waals surface area contributed by atoms with E-state index in [0.29, 0.717) is 17.8 Å². The lowest BCUT2D eigenvalue weighted by Crippen LogP contribution is -2.38. The number of amides is 2. The number of para-hydroxylation sites is 1. The number of nitrogens with one attached hydrogen (secondary N) is 1. The number of aromatic nitrogens is 3. The van der Waals surface area contributed by atoms with Crippen molar-refractivity contribution in [3.8, 4) is 11.5 Å². The second kappa shape index (κ2) is 10.2. The first-order valence-electron chi connectivity index (χ1n) is 13.1. The third-order valence-corrected chi connectivity index (χ3v) is 7.24. The lowest BCUT2D eigenvalue weighted by Gasteiger charge is -2.31. The van der Waals surface area contributed by atoms with Crippen molar-refractivity contribution >= 4 is 17.7 Å². The van der Waals surface area contributed by atoms with Crippen molar-refractivity contribution in [2.75, 3.05) is 12.4 Å². The molecule has 0 saturated heterocycles. The monoisotopic (exact) mass is 531 g/mol. The molecule has 1 aliphatic heterocycles. The topological polar surface area (TPSA) is 81.4 Å². The second-order valence-corrected chi connectivity index (χ2v) is 9.89. The van der Waals surface area contributed by atoms with Gasteiger partial charge in [0.15, 0.2) is 0 Å². The number of anilines is 1. The van der Waals surface area contributed by atoms with Crippen LogP contribution >= 0.6 is 0 Å². The quantitative estimate of drug-likeness (QED) is 0.280. The molecule has 3 heterocycles. The van der Waals surface area contributed by atoms with Gasteiger partial charge in [0.1, 0.15) is 5.82 Å². The number of fused-ring (bicyclic) bond motifs is 3. The second-order valence-electron chi connectivity index (χ2n) is 9.89. The molecule has 40 heavy (non-hydrogen) atoms. The van der Waals surface area contributed by atoms with Crippen molar-refractivity contribution < 1.29 is 14.3 Å². The fraction of sp³-hybridized carbons (Fsp3) is 0.156. The summed E-state index contributed by atoms with van der Waals surface area (Å²) >= 11 is 0. The SMILES string of the molecule is COC(=O)c1cccc(NC(=O)N2Cc3c(C)nn(-c4ccccc4)c3-n3cccc3[C@@H]2c2cccc(C)c2)c1. The molecule has 0 aliphatic carbocycles. The van der Waals surface area contributed by atoms with Crippen LogP contribution in [0.3, 0.4) is 0 Å². The Morgan fingerprint density at radius 3 is 2.50 bits per heavy atom. The van der Waals surface area contributed by atoms with E-state index in [0.717, 1.165) is 39.6 Å². The van der Waals surface area contributed by atoms with Crippen molar-refractivity contribution in [1.29, 1.82) is 0 Å². The van der Waals surface area contributed by atoms with E-state index in [4.69, 9.17) is 9.84 Å². The third kappa shape index (κ3) is 4.43. The molecule has 8 nitrogen and oxygen atoms in total. The van der Waals surface area contributed by atoms with Crippen LogP contribution in [0.5, 0.6) is 0 Å². The van der Waals surface area contributed by atoms with Gasteiger partial charge in [-0.1, -0.05) is 54.1 Å². The molecule has 1 N–H and O–H groups in total. The van der Waals surface area contributed by atoms with Crippen LogP contribution in [0.15, 0.2) is 97.2 Å². The molecule has 0 saturated carbocycles. The summed E-state index contributed by atoms with van der Waals surface area (Å²) < 4.78 is 8.95. The number of rotatable bonds is 4. The van der Waals surface area contributed by atoms with E-state index in [1.165, 1.54) is 7.11 Å². The number of nitrogens with zero attached hydrogens (tertiary/aromatic N) is 4. The summed E-state index contributed by atoms with van der Waals surface area (Å²) in [6.07, 6.45) is 2.03. The largest absolute Gasteiger partial charge is 0.465 e. The zero-order valence-electron chi connectivity index (χ0n) is 22.5. The van der Waals surface area contributed by atoms with Crippen LogP contribution in [-0.4, -0.2) is 38.4 Å². The highest BCUT2D eigenvalue weighted by Gasteiger charge is 2.36. The van der Waals surface area contributed by atoms with Gasteiger partial charge in [-0.15, -0.1) is 0 Å². The first kappa shape index (κ1) is 25.2. The zero-order valence-corrected chi connectivity index (χ0v) is 22.5. The molecule has 0 unspecified atom stereocenters. The highest BCUT2D eigenvalue weighted by atomic mass is 16.5. The van der Waals surface area contributed by atoms with Gasteiger partial charge in [-0.25, -0.2) is 14.3 Å². The van der Waals surface area contributed by atoms with Crippen LogP contribution in [0.2, 0.25) is 0 Å². The summed E-state index contributed by atoms with van der Waals surface area (Å²) in [5.41, 5.74) is 6.66. The molecule has 2 amide bonds. The average molecular weight is 532 g/mol. The number of hydrogen-bond acceptors (Lipinski definition) is 4. The number of benzene rings is 3. The maximum atomic E-state index is 14.1. The Bertz CT molecular complexity index is 1720. The summed E-state index contributed by atoms with van der Waals surface area (Å²) in [6, 6.07) is 28.4. The maximum Gasteiger partial charge on any atom is 0.337 e. The standard InChI is InChI=1S/C32H29N5O3/c1-21-10-7-11-23(18-21)29-28-16-9-17-35(28)30-27(22(2)34-37(30)26-14-5-4-6-15-26)20-36(29)32(39)33-25-13-8-12-24(19-25)31(38)40-3/h4-19,29H,20H2,1-3H3,(H,33,39)/t29-/m0/s1. The minimum Gasteiger partial charge on any atom is -0.465 e. The lowest BCUT2D eigenvalue weighted by atomic mass is 10.00. The number of carbonyl (C=O) groups is 2. The number of hydrogen-bond donors (Lipinski definition) is 1. The van der Waals surface area contributed by atoms with Crippen LogP contribution in [0.1, 0.15) is 44.5 Å². The fourth-order valence-corrected chi connectivity index (χ4v) is 5.38. The van der Waals surface area contributed by atoms with Crippen LogP contribution < -0.4 is 5.32 Å². The molecule has 5 aromatic rings. The molecular formula is C32H29N5O3. The van der Waals surface area contributed by atoms with E-state index < -0.39 is 5.97 Å². The smallest absolute Gasteiger partial charge is 0.337 e. The normalized spacial score (nSPS) is 14.2. The van der Waals surface area contributed by atoms with E-state index in [2.05, 4.69) is 28.1 Å². The van der Waals surface area contributed by atoms with Gasteiger partial charge < -0.3 is 19.5 Å². The number of esters is 1. The Morgan fingerprint density at radius 1 is 0.925 bits per heavy atom. The maximum absolute atomic E-state index is 14.1. The predicted molar refractivity (Wildman–Crippen MR) is 153 cm³/mol. The van der Waals surface area contributed by atoms with Gasteiger partial charge in [-0.05, 0) is 61.9 Å². The van der Waals surface area contributed by atoms with Gasteiger partial charge >= 0.3 is 12.0 Å². The molecule has 0 fully saturated rings. The summed E-state index contributed by atoms with van der Waals surface area (Å²) in [4.78, 5) is 28.1. The first-order valence-corrected chi connectivity index (χ1v) is 13.1. The molecule has 1 aliphatic rings. The van der Waals surface area contributed by atoms with Gasteiger partial charge in [0.05, 0.1) is 42.3 Å². The van der Waals surface area contributed by atoms with Gasteiger partial charge in [0.25, 0.3) is 0 Å². The highest BCUT2D eigenvalue weighted by Crippen LogP contribution is 2.39. The fourth-order valence-electron chi connectivity index (χ4n) is 5.38. The van der Waals surface area contributed by atoms with Crippen LogP contribution in [0.4, 0.5) is 10.5 Å². The number of urea groups is 1. The minimum absolute atomic E-state index is 0.291. The molecule has 8 heteroatoms. The number of aryl methyl sites for hydroxylation is 2. The van der Waals surface area contributed by atoms with Gasteiger partial charge in [0.2, 0.25) is 0 Å². The molecule has 0 spiro atoms. The Balaban J connectivity index is 1.50. The Labute approximate surface area is 232 Å². The summed E-state index contributed by atoms with van der Waals surface area (Å²) in [5.74, 6) is 0.444. The van der Waals surface area contributed by atoms with Crippen LogP contribution in [0.25, 0.3) is 11.5 Å². The number of methoxy groups -OCH3 is 1. The minimum atomic E-state index is -0.463. The van der Waals surface area contributed by atoms with Gasteiger partial charge in [0, 0.05) is 17.4 Å². The average Bonchev–Trinajstić information content (AvgIpc) is 3.53. The molecule has 0 bridgehead atoms. The van der Waals surface area contributed by atoms with E-state index in [9.17, 15) is 9.59 Å². The van der Waals surface area contributed by atoms with Crippen molar-refractivity contribution in [3.05, 3.63) is 131 Å². The molecule has 6 rings (SSSR count). The summed E-state index contributed by atoms with van der Waals surface area (Å²) in [6.45, 7) is 4.36. The number of ether oxygens (including phenoxy) is 1. The zero-order chi connectivity index (χ0) is 27.8. The van der Waals surface area contributed by atoms with Crippen molar-refractivity contribution in [2.45, 2.75) is 26.4 Å². The highest BCUT2D eigenvalue weighted by molar-refractivity contribution is 5.94. The summed E-state index contributed by atoms with van der Waals surface area (Å²) in [5, 5.41) is 7.93. The van der Waals surface area contributed by atoms with Crippen molar-refractivity contribution in [2.24, 2.45) is 0 Å². The number of carbonyl (C=O) groups excluding carboxylic acids is 2. The van der Waals surface area contributed by atoms with Crippen LogP contribution in [0, 0.1) is 13.8 Å². The van der Waals surface area contributed by atoms with Crippen molar-refractivity contribution in [1.82, 2.24) is 19.2 Å². The lowest BCUT2D eigenvalue weighted by molar-refractivity contribution is 0.0600. The predicted octanol–water partition coefficient (Wildman–Crippen LogP) is 6.20. The Kier molecular flexibility index (Phi) is 6.43. The van der Waals surface area contributed by atoms with E-state index in [1.807, 2.05) is 78.2 Å². The van der Waals surface area contributed by atoms with Crippen LogP contribution in [-0.2, 0) is 11.3 Å². The summed E-state index contributed by atoms with van der Waals surface area (Å²) in [7, 11) is 1.34. The molecule has 200 valence electrons. The third-order valence-electron chi connectivity index (χ3n) is 7.24. The van der Waals surface area contributed by atoms with Gasteiger partial charge in [-0.2, -0.15) is 5.10 Å². The molecule has 1 atom stereocenters. The molecular weight excluding hydrogens is 502 g/mol. The van der Waals surface area contributed by atoms with Crippen molar-refractivity contribution in [3.63, 3.8) is 0 Å². The van der Waals surface area contributed by atoms with E-state index >= 15 is 0 Å². The molecule has 0 radical (unpaired) electrons.